The van der Waals surface area contributed by atoms with Crippen LogP contribution in [0.4, 0.5) is 4.79 Å². The molecule has 150 valence electrons. The number of hydrogen-bond acceptors (Lipinski definition) is 5. The second-order valence-electron chi connectivity index (χ2n) is 8.73. The summed E-state index contributed by atoms with van der Waals surface area (Å²) < 4.78 is 11.8. The Kier molecular flexibility index (Phi) is 6.08. The zero-order chi connectivity index (χ0) is 19.5. The van der Waals surface area contributed by atoms with Crippen molar-refractivity contribution in [1.29, 1.82) is 0 Å². The lowest BCUT2D eigenvalue weighted by Gasteiger charge is -2.49. The van der Waals surface area contributed by atoms with Crippen molar-refractivity contribution in [3.8, 4) is 0 Å². The molecule has 3 rings (SSSR count). The van der Waals surface area contributed by atoms with E-state index in [0.717, 1.165) is 32.5 Å². The van der Waals surface area contributed by atoms with Crippen LogP contribution in [0.15, 0.2) is 30.3 Å². The molecule has 2 aliphatic heterocycles. The van der Waals surface area contributed by atoms with Gasteiger partial charge in [-0.15, -0.1) is 0 Å². The fourth-order valence-corrected chi connectivity index (χ4v) is 3.94. The van der Waals surface area contributed by atoms with Crippen LogP contribution in [0.3, 0.4) is 0 Å². The number of likely N-dealkylation sites (tertiary alicyclic amines) is 1. The number of ether oxygens (including phenoxy) is 2. The van der Waals surface area contributed by atoms with E-state index in [0.29, 0.717) is 13.1 Å². The van der Waals surface area contributed by atoms with Crippen molar-refractivity contribution in [2.75, 3.05) is 32.8 Å². The lowest BCUT2D eigenvalue weighted by molar-refractivity contribution is -0.185. The van der Waals surface area contributed by atoms with Crippen molar-refractivity contribution in [2.45, 2.75) is 57.5 Å². The number of carbonyl (C=O) groups excluding carboxylic acids is 1. The van der Waals surface area contributed by atoms with Gasteiger partial charge in [-0.05, 0) is 39.2 Å². The van der Waals surface area contributed by atoms with E-state index in [1.807, 2.05) is 39.0 Å². The van der Waals surface area contributed by atoms with E-state index in [-0.39, 0.29) is 24.4 Å². The molecule has 2 fully saturated rings. The topological polar surface area (TPSA) is 62.2 Å². The van der Waals surface area contributed by atoms with Crippen molar-refractivity contribution in [3.05, 3.63) is 35.9 Å². The molecule has 1 atom stereocenters. The maximum Gasteiger partial charge on any atom is 0.410 e. The molecule has 0 aliphatic carbocycles. The molecule has 1 N–H and O–H groups in total. The van der Waals surface area contributed by atoms with Gasteiger partial charge in [-0.1, -0.05) is 30.3 Å². The van der Waals surface area contributed by atoms with Gasteiger partial charge in [0.25, 0.3) is 0 Å². The number of piperidine rings is 1. The van der Waals surface area contributed by atoms with Gasteiger partial charge in [0.1, 0.15) is 5.60 Å². The Morgan fingerprint density at radius 2 is 1.93 bits per heavy atom. The normalized spacial score (nSPS) is 23.4. The van der Waals surface area contributed by atoms with Crippen LogP contribution in [0.25, 0.3) is 0 Å². The SMILES string of the molecule is CC(C)(C)OC(=O)N1CCC2(CC1)CN(Cc1ccccc1)C[C@@H](CO)O2. The van der Waals surface area contributed by atoms with Gasteiger partial charge in [0.15, 0.2) is 0 Å². The number of morpholine rings is 1. The number of carbonyl (C=O) groups is 1. The first-order valence-electron chi connectivity index (χ1n) is 9.81. The monoisotopic (exact) mass is 376 g/mol. The molecule has 6 nitrogen and oxygen atoms in total. The van der Waals surface area contributed by atoms with Crippen LogP contribution in [0.1, 0.15) is 39.2 Å². The minimum Gasteiger partial charge on any atom is -0.444 e. The van der Waals surface area contributed by atoms with Gasteiger partial charge in [-0.25, -0.2) is 4.79 Å². The largest absolute Gasteiger partial charge is 0.444 e. The predicted molar refractivity (Wildman–Crippen MR) is 103 cm³/mol. The lowest BCUT2D eigenvalue weighted by Crippen LogP contribution is -2.60. The highest BCUT2D eigenvalue weighted by Crippen LogP contribution is 2.33. The van der Waals surface area contributed by atoms with Crippen LogP contribution in [-0.4, -0.2) is 71.1 Å². The first kappa shape index (κ1) is 20.1. The molecule has 0 bridgehead atoms. The Bertz CT molecular complexity index is 621. The quantitative estimate of drug-likeness (QED) is 0.879. The van der Waals surface area contributed by atoms with E-state index in [2.05, 4.69) is 17.0 Å². The van der Waals surface area contributed by atoms with Gasteiger partial charge in [0, 0.05) is 32.7 Å². The van der Waals surface area contributed by atoms with Crippen molar-refractivity contribution in [2.24, 2.45) is 0 Å². The maximum atomic E-state index is 12.3. The summed E-state index contributed by atoms with van der Waals surface area (Å²) in [6, 6.07) is 10.4. The van der Waals surface area contributed by atoms with E-state index < -0.39 is 5.60 Å². The standard InChI is InChI=1S/C21H32N2O4/c1-20(2,3)27-19(25)23-11-9-21(10-12-23)16-22(14-18(15-24)26-21)13-17-7-5-4-6-8-17/h4-8,18,24H,9-16H2,1-3H3/t18-/m0/s1. The summed E-state index contributed by atoms with van der Waals surface area (Å²) in [5, 5.41) is 9.72. The molecule has 0 aromatic heterocycles. The zero-order valence-corrected chi connectivity index (χ0v) is 16.7. The molecule has 6 heteroatoms. The Morgan fingerprint density at radius 3 is 2.52 bits per heavy atom. The van der Waals surface area contributed by atoms with E-state index in [1.54, 1.807) is 4.90 Å². The molecule has 1 aromatic rings. The molecular weight excluding hydrogens is 344 g/mol. The van der Waals surface area contributed by atoms with Gasteiger partial charge >= 0.3 is 6.09 Å². The average Bonchev–Trinajstić information content (AvgIpc) is 2.61. The van der Waals surface area contributed by atoms with E-state index in [9.17, 15) is 9.90 Å². The van der Waals surface area contributed by atoms with Gasteiger partial charge in [-0.2, -0.15) is 0 Å². The highest BCUT2D eigenvalue weighted by atomic mass is 16.6. The summed E-state index contributed by atoms with van der Waals surface area (Å²) >= 11 is 0. The Morgan fingerprint density at radius 1 is 1.26 bits per heavy atom. The van der Waals surface area contributed by atoms with Crippen LogP contribution in [0, 0.1) is 0 Å². The van der Waals surface area contributed by atoms with E-state index in [1.165, 1.54) is 5.56 Å². The fraction of sp³-hybridized carbons (Fsp3) is 0.667. The van der Waals surface area contributed by atoms with Crippen molar-refractivity contribution < 1.29 is 19.4 Å². The minimum absolute atomic E-state index is 0.0167. The van der Waals surface area contributed by atoms with E-state index in [4.69, 9.17) is 9.47 Å². The summed E-state index contributed by atoms with van der Waals surface area (Å²) in [6.07, 6.45) is 1.07. The maximum absolute atomic E-state index is 12.3. The second-order valence-corrected chi connectivity index (χ2v) is 8.73. The van der Waals surface area contributed by atoms with Crippen molar-refractivity contribution in [3.63, 3.8) is 0 Å². The number of rotatable bonds is 3. The first-order chi connectivity index (χ1) is 12.8. The molecule has 1 aromatic carbocycles. The molecule has 0 unspecified atom stereocenters. The summed E-state index contributed by atoms with van der Waals surface area (Å²) in [4.78, 5) is 16.5. The minimum atomic E-state index is -0.484. The van der Waals surface area contributed by atoms with Crippen LogP contribution >= 0.6 is 0 Å². The van der Waals surface area contributed by atoms with Crippen LogP contribution in [-0.2, 0) is 16.0 Å². The molecule has 27 heavy (non-hydrogen) atoms. The molecular formula is C21H32N2O4. The number of amides is 1. The third kappa shape index (κ3) is 5.43. The fourth-order valence-electron chi connectivity index (χ4n) is 3.94. The molecule has 1 spiro atoms. The van der Waals surface area contributed by atoms with Crippen LogP contribution in [0.2, 0.25) is 0 Å². The van der Waals surface area contributed by atoms with Gasteiger partial charge in [-0.3, -0.25) is 4.90 Å². The zero-order valence-electron chi connectivity index (χ0n) is 16.7. The smallest absolute Gasteiger partial charge is 0.410 e. The summed E-state index contributed by atoms with van der Waals surface area (Å²) in [7, 11) is 0. The second kappa shape index (κ2) is 8.17. The highest BCUT2D eigenvalue weighted by Gasteiger charge is 2.44. The predicted octanol–water partition coefficient (Wildman–Crippen LogP) is 2.65. The first-order valence-corrected chi connectivity index (χ1v) is 9.81. The molecule has 2 heterocycles. The Labute approximate surface area is 162 Å². The van der Waals surface area contributed by atoms with Crippen LogP contribution in [0.5, 0.6) is 0 Å². The Hall–Kier alpha value is -1.63. The molecule has 0 radical (unpaired) electrons. The van der Waals surface area contributed by atoms with Gasteiger partial charge in [0.2, 0.25) is 0 Å². The van der Waals surface area contributed by atoms with Gasteiger partial charge < -0.3 is 19.5 Å². The number of hydrogen-bond donors (Lipinski definition) is 1. The molecule has 0 saturated carbocycles. The van der Waals surface area contributed by atoms with Crippen molar-refractivity contribution in [1.82, 2.24) is 9.80 Å². The number of nitrogens with zero attached hydrogens (tertiary/aromatic N) is 2. The number of aliphatic hydroxyl groups excluding tert-OH is 1. The Balaban J connectivity index is 1.62. The van der Waals surface area contributed by atoms with E-state index >= 15 is 0 Å². The van der Waals surface area contributed by atoms with Gasteiger partial charge in [0.05, 0.1) is 18.3 Å². The third-order valence-corrected chi connectivity index (χ3v) is 5.17. The van der Waals surface area contributed by atoms with Crippen molar-refractivity contribution >= 4 is 6.09 Å². The lowest BCUT2D eigenvalue weighted by atomic mass is 9.88. The number of aliphatic hydroxyl groups is 1. The number of benzene rings is 1. The summed E-state index contributed by atoms with van der Waals surface area (Å²) in [6.45, 7) is 9.29. The summed E-state index contributed by atoms with van der Waals surface area (Å²) in [5.41, 5.74) is 0.471. The highest BCUT2D eigenvalue weighted by molar-refractivity contribution is 5.68. The van der Waals surface area contributed by atoms with Crippen LogP contribution < -0.4 is 0 Å². The summed E-state index contributed by atoms with van der Waals surface area (Å²) in [5.74, 6) is 0. The average molecular weight is 376 g/mol. The molecule has 2 saturated heterocycles. The molecule has 2 aliphatic rings. The third-order valence-electron chi connectivity index (χ3n) is 5.17. The molecule has 1 amide bonds.